The van der Waals surface area contributed by atoms with E-state index >= 15 is 0 Å². The number of rotatable bonds is 7. The molecule has 0 radical (unpaired) electrons. The van der Waals surface area contributed by atoms with Crippen molar-refractivity contribution in [3.05, 3.63) is 23.8 Å². The average Bonchev–Trinajstić information content (AvgIpc) is 2.41. The first-order valence-corrected chi connectivity index (χ1v) is 7.34. The van der Waals surface area contributed by atoms with Crippen LogP contribution in [0.5, 0.6) is 11.5 Å². The average molecular weight is 278 g/mol. The second-order valence-corrected chi connectivity index (χ2v) is 5.94. The molecule has 0 aliphatic heterocycles. The maximum absolute atomic E-state index is 12.3. The molecule has 0 unspecified atom stereocenters. The first kappa shape index (κ1) is 16.5. The van der Waals surface area contributed by atoms with Crippen molar-refractivity contribution in [3.63, 3.8) is 0 Å². The highest BCUT2D eigenvalue weighted by Crippen LogP contribution is 2.31. The van der Waals surface area contributed by atoms with Crippen LogP contribution in [0, 0.1) is 5.41 Å². The number of benzene rings is 1. The van der Waals surface area contributed by atoms with Gasteiger partial charge < -0.3 is 9.47 Å². The van der Waals surface area contributed by atoms with Gasteiger partial charge >= 0.3 is 0 Å². The Bertz CT molecular complexity index is 444. The van der Waals surface area contributed by atoms with Gasteiger partial charge in [0, 0.05) is 11.0 Å². The van der Waals surface area contributed by atoms with Gasteiger partial charge in [0.05, 0.1) is 13.2 Å². The van der Waals surface area contributed by atoms with Crippen molar-refractivity contribution < 1.29 is 14.3 Å². The van der Waals surface area contributed by atoms with Gasteiger partial charge in [-0.25, -0.2) is 0 Å². The monoisotopic (exact) mass is 278 g/mol. The maximum Gasteiger partial charge on any atom is 0.168 e. The van der Waals surface area contributed by atoms with Crippen molar-refractivity contribution in [2.75, 3.05) is 13.2 Å². The molecule has 3 heteroatoms. The van der Waals surface area contributed by atoms with E-state index in [-0.39, 0.29) is 5.78 Å². The zero-order valence-electron chi connectivity index (χ0n) is 13.3. The minimum atomic E-state index is -0.395. The van der Waals surface area contributed by atoms with Crippen molar-refractivity contribution >= 4 is 5.78 Å². The van der Waals surface area contributed by atoms with Crippen molar-refractivity contribution in [2.45, 2.75) is 47.5 Å². The van der Waals surface area contributed by atoms with Gasteiger partial charge in [0.2, 0.25) is 0 Å². The van der Waals surface area contributed by atoms with E-state index < -0.39 is 5.41 Å². The molecule has 112 valence electrons. The number of carbonyl (C=O) groups excluding carboxylic acids is 1. The predicted molar refractivity (Wildman–Crippen MR) is 81.8 cm³/mol. The van der Waals surface area contributed by atoms with Crippen LogP contribution in [0.2, 0.25) is 0 Å². The molecule has 0 atom stereocenters. The lowest BCUT2D eigenvalue weighted by Gasteiger charge is -2.18. The number of hydrogen-bond acceptors (Lipinski definition) is 3. The summed E-state index contributed by atoms with van der Waals surface area (Å²) < 4.78 is 11.4. The van der Waals surface area contributed by atoms with E-state index in [1.165, 1.54) is 0 Å². The Morgan fingerprint density at radius 1 is 1.00 bits per heavy atom. The second kappa shape index (κ2) is 7.32. The lowest BCUT2D eigenvalue weighted by atomic mass is 9.86. The third-order valence-corrected chi connectivity index (χ3v) is 2.81. The Morgan fingerprint density at radius 2 is 1.55 bits per heavy atom. The highest BCUT2D eigenvalue weighted by Gasteiger charge is 2.24. The van der Waals surface area contributed by atoms with E-state index in [1.54, 1.807) is 6.07 Å². The Kier molecular flexibility index (Phi) is 6.05. The summed E-state index contributed by atoms with van der Waals surface area (Å²) in [5, 5.41) is 0. The van der Waals surface area contributed by atoms with Gasteiger partial charge in [-0.05, 0) is 31.0 Å². The zero-order valence-corrected chi connectivity index (χ0v) is 13.3. The molecule has 0 aliphatic carbocycles. The molecule has 20 heavy (non-hydrogen) atoms. The third-order valence-electron chi connectivity index (χ3n) is 2.81. The molecule has 0 aliphatic rings. The van der Waals surface area contributed by atoms with Crippen LogP contribution >= 0.6 is 0 Å². The fourth-order valence-corrected chi connectivity index (χ4v) is 1.74. The normalized spacial score (nSPS) is 11.2. The number of ether oxygens (including phenoxy) is 2. The van der Waals surface area contributed by atoms with Gasteiger partial charge in [-0.3, -0.25) is 4.79 Å². The second-order valence-electron chi connectivity index (χ2n) is 5.94. The first-order valence-electron chi connectivity index (χ1n) is 7.34. The third kappa shape index (κ3) is 4.55. The topological polar surface area (TPSA) is 35.5 Å². The van der Waals surface area contributed by atoms with Gasteiger partial charge in [-0.2, -0.15) is 0 Å². The lowest BCUT2D eigenvalue weighted by molar-refractivity contribution is 0.0857. The van der Waals surface area contributed by atoms with E-state index in [2.05, 4.69) is 13.8 Å². The van der Waals surface area contributed by atoms with Crippen molar-refractivity contribution in [1.29, 1.82) is 0 Å². The van der Waals surface area contributed by atoms with E-state index in [0.29, 0.717) is 30.3 Å². The van der Waals surface area contributed by atoms with Gasteiger partial charge in [0.1, 0.15) is 0 Å². The largest absolute Gasteiger partial charge is 0.490 e. The standard InChI is InChI=1S/C17H26O3/c1-6-10-19-14-9-8-13(16(18)17(3,4)5)12-15(14)20-11-7-2/h8-9,12H,6-7,10-11H2,1-5H3. The molecular weight excluding hydrogens is 252 g/mol. The van der Waals surface area contributed by atoms with Gasteiger partial charge in [0.15, 0.2) is 17.3 Å². The van der Waals surface area contributed by atoms with Crippen molar-refractivity contribution in [2.24, 2.45) is 5.41 Å². The fourth-order valence-electron chi connectivity index (χ4n) is 1.74. The quantitative estimate of drug-likeness (QED) is 0.689. The Hall–Kier alpha value is -1.51. The number of Topliss-reactive ketones (excluding diaryl/α,β-unsaturated/α-hetero) is 1. The number of carbonyl (C=O) groups is 1. The Balaban J connectivity index is 3.03. The molecule has 0 amide bonds. The molecular formula is C17H26O3. The number of ketones is 1. The summed E-state index contributed by atoms with van der Waals surface area (Å²) in [7, 11) is 0. The van der Waals surface area contributed by atoms with Crippen LogP contribution in [-0.2, 0) is 0 Å². The molecule has 0 heterocycles. The van der Waals surface area contributed by atoms with Gasteiger partial charge in [0.25, 0.3) is 0 Å². The minimum absolute atomic E-state index is 0.112. The molecule has 1 aromatic carbocycles. The van der Waals surface area contributed by atoms with Crippen LogP contribution in [0.15, 0.2) is 18.2 Å². The molecule has 0 saturated heterocycles. The summed E-state index contributed by atoms with van der Waals surface area (Å²) >= 11 is 0. The SMILES string of the molecule is CCCOc1ccc(C(=O)C(C)(C)C)cc1OCCC. The van der Waals surface area contributed by atoms with Crippen LogP contribution in [-0.4, -0.2) is 19.0 Å². The summed E-state index contributed by atoms with van der Waals surface area (Å²) in [5.41, 5.74) is 0.279. The van der Waals surface area contributed by atoms with Crippen LogP contribution in [0.3, 0.4) is 0 Å². The molecule has 0 aromatic heterocycles. The van der Waals surface area contributed by atoms with Crippen LogP contribution in [0.1, 0.15) is 57.8 Å². The number of hydrogen-bond donors (Lipinski definition) is 0. The zero-order chi connectivity index (χ0) is 15.2. The van der Waals surface area contributed by atoms with Crippen molar-refractivity contribution in [3.8, 4) is 11.5 Å². The molecule has 1 rings (SSSR count). The molecule has 0 bridgehead atoms. The first-order chi connectivity index (χ1) is 9.40. The summed E-state index contributed by atoms with van der Waals surface area (Å²) in [6, 6.07) is 5.45. The van der Waals surface area contributed by atoms with Gasteiger partial charge in [-0.15, -0.1) is 0 Å². The van der Waals surface area contributed by atoms with Crippen LogP contribution in [0.25, 0.3) is 0 Å². The van der Waals surface area contributed by atoms with Crippen LogP contribution < -0.4 is 9.47 Å². The predicted octanol–water partition coefficient (Wildman–Crippen LogP) is 4.49. The molecule has 1 aromatic rings. The molecule has 0 N–H and O–H groups in total. The van der Waals surface area contributed by atoms with Gasteiger partial charge in [-0.1, -0.05) is 34.6 Å². The van der Waals surface area contributed by atoms with E-state index in [0.717, 1.165) is 12.8 Å². The van der Waals surface area contributed by atoms with E-state index in [1.807, 2.05) is 32.9 Å². The Labute approximate surface area is 122 Å². The van der Waals surface area contributed by atoms with E-state index in [4.69, 9.17) is 9.47 Å². The van der Waals surface area contributed by atoms with Crippen LogP contribution in [0.4, 0.5) is 0 Å². The summed E-state index contributed by atoms with van der Waals surface area (Å²) in [4.78, 5) is 12.3. The molecule has 3 nitrogen and oxygen atoms in total. The summed E-state index contributed by atoms with van der Waals surface area (Å²) in [5.74, 6) is 1.49. The fraction of sp³-hybridized carbons (Fsp3) is 0.588. The smallest absolute Gasteiger partial charge is 0.168 e. The summed E-state index contributed by atoms with van der Waals surface area (Å²) in [6.07, 6.45) is 1.86. The lowest BCUT2D eigenvalue weighted by Crippen LogP contribution is -2.20. The Morgan fingerprint density at radius 3 is 2.05 bits per heavy atom. The van der Waals surface area contributed by atoms with Crippen molar-refractivity contribution in [1.82, 2.24) is 0 Å². The molecule has 0 fully saturated rings. The molecule has 0 spiro atoms. The summed E-state index contributed by atoms with van der Waals surface area (Å²) in [6.45, 7) is 11.1. The highest BCUT2D eigenvalue weighted by molar-refractivity contribution is 6.00. The van der Waals surface area contributed by atoms with E-state index in [9.17, 15) is 4.79 Å². The highest BCUT2D eigenvalue weighted by atomic mass is 16.5. The minimum Gasteiger partial charge on any atom is -0.490 e. The maximum atomic E-state index is 12.3. The molecule has 0 saturated carbocycles.